The summed E-state index contributed by atoms with van der Waals surface area (Å²) < 4.78 is 25.3. The van der Waals surface area contributed by atoms with E-state index in [-0.39, 0.29) is 18.9 Å². The van der Waals surface area contributed by atoms with E-state index in [9.17, 15) is 14.2 Å². The molecule has 1 rings (SSSR count). The number of nitrogens with one attached hydrogen (secondary N) is 2. The second kappa shape index (κ2) is 10.6. The molecule has 0 saturated carbocycles. The van der Waals surface area contributed by atoms with E-state index in [1.54, 1.807) is 12.1 Å². The summed E-state index contributed by atoms with van der Waals surface area (Å²) in [5.41, 5.74) is 0. The molecule has 0 spiro atoms. The summed E-state index contributed by atoms with van der Waals surface area (Å²) in [7, 11) is 2.74. The van der Waals surface area contributed by atoms with E-state index < -0.39 is 0 Å². The Morgan fingerprint density at radius 2 is 2.00 bits per heavy atom. The van der Waals surface area contributed by atoms with Gasteiger partial charge in [0.15, 0.2) is 0 Å². The molecule has 0 aromatic carbocycles. The van der Waals surface area contributed by atoms with Gasteiger partial charge in [-0.3, -0.25) is 0 Å². The average Bonchev–Trinajstić information content (AvgIpc) is 3.01. The van der Waals surface area contributed by atoms with Crippen molar-refractivity contribution in [1.82, 2.24) is 10.6 Å². The van der Waals surface area contributed by atoms with Gasteiger partial charge in [0.2, 0.25) is 0 Å². The Hall–Kier alpha value is -2.09. The Morgan fingerprint density at radius 1 is 1.32 bits per heavy atom. The number of guanidine groups is 1. The first-order valence-corrected chi connectivity index (χ1v) is 7.27. The first-order valence-electron chi connectivity index (χ1n) is 6.45. The molecule has 0 atom stereocenters. The Morgan fingerprint density at radius 3 is 2.59 bits per heavy atom. The molecule has 22 heavy (non-hydrogen) atoms. The number of aliphatic imine (C=N–C) groups is 1. The summed E-state index contributed by atoms with van der Waals surface area (Å²) in [5.74, 6) is 0.0198. The molecule has 0 saturated heterocycles. The van der Waals surface area contributed by atoms with Gasteiger partial charge in [0.1, 0.15) is 0 Å². The molecule has 1 aromatic heterocycles. The van der Waals surface area contributed by atoms with Gasteiger partial charge in [0, 0.05) is 0 Å². The Kier molecular flexibility index (Phi) is 8.66. The molecule has 0 bridgehead atoms. The SMILES string of the molecule is COC(=O)c1ccc(/C=C/CN=C(NCB=O)NCB=O)s1. The van der Waals surface area contributed by atoms with Crippen molar-refractivity contribution >= 4 is 43.6 Å². The van der Waals surface area contributed by atoms with E-state index in [1.165, 1.54) is 18.4 Å². The number of methoxy groups -OCH3 is 1. The number of ether oxygens (including phenoxy) is 1. The number of nitrogens with zero attached hydrogens (tertiary/aromatic N) is 1. The first-order chi connectivity index (χ1) is 10.7. The van der Waals surface area contributed by atoms with Crippen LogP contribution in [0.25, 0.3) is 6.08 Å². The van der Waals surface area contributed by atoms with Crippen LogP contribution >= 0.6 is 11.3 Å². The molecule has 114 valence electrons. The molecule has 0 aliphatic rings. The van der Waals surface area contributed by atoms with Gasteiger partial charge in [-0.1, -0.05) is 0 Å². The molecule has 0 aliphatic carbocycles. The van der Waals surface area contributed by atoms with Crippen LogP contribution in [-0.4, -0.2) is 52.8 Å². The molecule has 10 heteroatoms. The molecule has 1 aromatic rings. The monoisotopic (exact) mass is 319 g/mol. The fourth-order valence-corrected chi connectivity index (χ4v) is 2.27. The molecule has 0 unspecified atom stereocenters. The second-order valence-corrected chi connectivity index (χ2v) is 5.00. The predicted octanol–water partition coefficient (Wildman–Crippen LogP) is 0.0975. The number of thiophene rings is 1. The first kappa shape index (κ1) is 18.0. The molecule has 7 nitrogen and oxygen atoms in total. The van der Waals surface area contributed by atoms with Crippen LogP contribution in [0.4, 0.5) is 0 Å². The van der Waals surface area contributed by atoms with E-state index in [0.717, 1.165) is 4.88 Å². The molecular weight excluding hydrogens is 304 g/mol. The number of esters is 1. The Balaban J connectivity index is 2.55. The molecule has 1 heterocycles. The zero-order valence-electron chi connectivity index (χ0n) is 12.1. The van der Waals surface area contributed by atoms with Crippen LogP contribution in [0, 0.1) is 0 Å². The number of carbonyl (C=O) groups excluding carboxylic acids is 1. The van der Waals surface area contributed by atoms with E-state index in [2.05, 4.69) is 20.4 Å². The van der Waals surface area contributed by atoms with Crippen molar-refractivity contribution in [3.05, 3.63) is 28.0 Å². The van der Waals surface area contributed by atoms with Crippen LogP contribution in [0.3, 0.4) is 0 Å². The van der Waals surface area contributed by atoms with Crippen molar-refractivity contribution in [1.29, 1.82) is 0 Å². The summed E-state index contributed by atoms with van der Waals surface area (Å²) in [6, 6.07) is 3.51. The van der Waals surface area contributed by atoms with Crippen LogP contribution in [-0.2, 0) is 14.1 Å². The van der Waals surface area contributed by atoms with Gasteiger partial charge in [-0.05, 0) is 0 Å². The Labute approximate surface area is 133 Å². The summed E-state index contributed by atoms with van der Waals surface area (Å²) in [4.78, 5) is 16.9. The van der Waals surface area contributed by atoms with Crippen LogP contribution in [0.1, 0.15) is 14.5 Å². The zero-order valence-corrected chi connectivity index (χ0v) is 12.9. The van der Waals surface area contributed by atoms with E-state index in [4.69, 9.17) is 0 Å². The molecule has 0 aliphatic heterocycles. The van der Waals surface area contributed by atoms with Crippen molar-refractivity contribution in [3.8, 4) is 0 Å². The van der Waals surface area contributed by atoms with Crippen molar-refractivity contribution in [2.75, 3.05) is 26.5 Å². The minimum atomic E-state index is -0.360. The van der Waals surface area contributed by atoms with Crippen molar-refractivity contribution in [2.24, 2.45) is 4.99 Å². The summed E-state index contributed by atoms with van der Waals surface area (Å²) in [5, 5.41) is 5.50. The van der Waals surface area contributed by atoms with Crippen molar-refractivity contribution < 1.29 is 18.9 Å². The normalized spacial score (nSPS) is 9.68. The fraction of sp³-hybridized carbons (Fsp3) is 0.333. The van der Waals surface area contributed by atoms with Crippen molar-refractivity contribution in [3.63, 3.8) is 0 Å². The third kappa shape index (κ3) is 6.57. The average molecular weight is 319 g/mol. The molecule has 0 amide bonds. The summed E-state index contributed by atoms with van der Waals surface area (Å²) >= 11 is 1.32. The van der Waals surface area contributed by atoms with E-state index in [0.29, 0.717) is 31.7 Å². The van der Waals surface area contributed by atoms with Gasteiger partial charge in [-0.15, -0.1) is 0 Å². The van der Waals surface area contributed by atoms with Gasteiger partial charge >= 0.3 is 126 Å². The second-order valence-electron chi connectivity index (χ2n) is 3.88. The standard InChI is InChI=1S/C12H15B2N3O4S/c1-21-11(18)10-5-4-9(22-10)3-2-6-15-12(16-7-13-19)17-8-14-20/h2-5H,6-8H2,1H3,(H2,15,16,17)/b3-2+. The minimum absolute atomic E-state index is 0.113. The quantitative estimate of drug-likeness (QED) is 0.305. The summed E-state index contributed by atoms with van der Waals surface area (Å²) in [6.45, 7) is 0.360. The third-order valence-corrected chi connectivity index (χ3v) is 3.39. The van der Waals surface area contributed by atoms with Crippen LogP contribution in [0.15, 0.2) is 23.2 Å². The van der Waals surface area contributed by atoms with Crippen LogP contribution < -0.4 is 10.6 Å². The number of hydrogen-bond donors (Lipinski definition) is 2. The molecule has 0 radical (unpaired) electrons. The summed E-state index contributed by atoms with van der Waals surface area (Å²) in [6.07, 6.45) is 3.86. The van der Waals surface area contributed by atoms with E-state index in [1.807, 2.05) is 12.1 Å². The van der Waals surface area contributed by atoms with Gasteiger partial charge in [0.05, 0.1) is 7.11 Å². The molecular formula is C12H15B2N3O4S. The maximum atomic E-state index is 11.3. The van der Waals surface area contributed by atoms with Gasteiger partial charge < -0.3 is 0 Å². The zero-order chi connectivity index (χ0) is 16.2. The predicted molar refractivity (Wildman–Crippen MR) is 85.9 cm³/mol. The number of hydrogen-bond acceptors (Lipinski definition) is 6. The van der Waals surface area contributed by atoms with Crippen molar-refractivity contribution in [2.45, 2.75) is 0 Å². The van der Waals surface area contributed by atoms with Gasteiger partial charge in [-0.2, -0.15) is 0 Å². The number of carbonyl (C=O) groups is 1. The fourth-order valence-electron chi connectivity index (χ4n) is 1.42. The topological polar surface area (TPSA) is 96.9 Å². The molecule has 0 fully saturated rings. The Bertz CT molecular complexity index is 560. The number of rotatable bonds is 8. The van der Waals surface area contributed by atoms with Crippen LogP contribution in [0.5, 0.6) is 0 Å². The van der Waals surface area contributed by atoms with Gasteiger partial charge in [0.25, 0.3) is 0 Å². The maximum absolute atomic E-state index is 11.3. The molecule has 2 N–H and O–H groups in total. The van der Waals surface area contributed by atoms with E-state index >= 15 is 0 Å². The third-order valence-electron chi connectivity index (χ3n) is 2.36. The van der Waals surface area contributed by atoms with Gasteiger partial charge in [-0.25, -0.2) is 0 Å². The van der Waals surface area contributed by atoms with Crippen LogP contribution in [0.2, 0.25) is 0 Å².